The highest BCUT2D eigenvalue weighted by atomic mass is 32.2. The van der Waals surface area contributed by atoms with Crippen molar-refractivity contribution in [2.24, 2.45) is 0 Å². The molecule has 29 heavy (non-hydrogen) atoms. The number of hydrogen-bond donors (Lipinski definition) is 1. The van der Waals surface area contributed by atoms with Gasteiger partial charge in [-0.05, 0) is 31.9 Å². The molecule has 2 aromatic heterocycles. The van der Waals surface area contributed by atoms with Gasteiger partial charge in [0, 0.05) is 29.3 Å². The molecule has 0 saturated heterocycles. The molecule has 2 heterocycles. The van der Waals surface area contributed by atoms with Crippen molar-refractivity contribution in [1.29, 1.82) is 0 Å². The van der Waals surface area contributed by atoms with Gasteiger partial charge in [0.15, 0.2) is 5.16 Å². The maximum absolute atomic E-state index is 12.3. The Morgan fingerprint density at radius 3 is 2.86 bits per heavy atom. The summed E-state index contributed by atoms with van der Waals surface area (Å²) < 4.78 is 2.15. The first-order chi connectivity index (χ1) is 14.1. The molecule has 1 aliphatic carbocycles. The number of benzene rings is 1. The van der Waals surface area contributed by atoms with Crippen LogP contribution in [0.5, 0.6) is 0 Å². The molecule has 1 N–H and O–H groups in total. The van der Waals surface area contributed by atoms with Gasteiger partial charge in [-0.3, -0.25) is 4.79 Å². The number of aryl methyl sites for hydroxylation is 1. The SMILES string of the molecule is C=CCn1c(SCc2csc(CC(=O)Nc3ccc(C)cc3)n2)nnc1C1CC1. The number of amides is 1. The molecule has 1 saturated carbocycles. The van der Waals surface area contributed by atoms with Gasteiger partial charge in [0.2, 0.25) is 5.91 Å². The largest absolute Gasteiger partial charge is 0.326 e. The normalized spacial score (nSPS) is 13.4. The fourth-order valence-corrected chi connectivity index (χ4v) is 4.71. The average molecular weight is 426 g/mol. The monoisotopic (exact) mass is 425 g/mol. The lowest BCUT2D eigenvalue weighted by Crippen LogP contribution is -2.14. The quantitative estimate of drug-likeness (QED) is 0.401. The van der Waals surface area contributed by atoms with E-state index in [0.717, 1.165) is 33.9 Å². The van der Waals surface area contributed by atoms with Gasteiger partial charge < -0.3 is 9.88 Å². The van der Waals surface area contributed by atoms with Crippen LogP contribution in [-0.4, -0.2) is 25.7 Å². The Balaban J connectivity index is 1.33. The number of aromatic nitrogens is 4. The summed E-state index contributed by atoms with van der Waals surface area (Å²) in [6.07, 6.45) is 4.55. The summed E-state index contributed by atoms with van der Waals surface area (Å²) >= 11 is 3.14. The van der Waals surface area contributed by atoms with E-state index in [9.17, 15) is 4.79 Å². The second kappa shape index (κ2) is 8.92. The molecule has 4 rings (SSSR count). The van der Waals surface area contributed by atoms with Gasteiger partial charge >= 0.3 is 0 Å². The van der Waals surface area contributed by atoms with Crippen LogP contribution in [0.3, 0.4) is 0 Å². The summed E-state index contributed by atoms with van der Waals surface area (Å²) in [7, 11) is 0. The lowest BCUT2D eigenvalue weighted by atomic mass is 10.2. The molecule has 0 atom stereocenters. The molecule has 1 aliphatic rings. The van der Waals surface area contributed by atoms with Gasteiger partial charge in [0.25, 0.3) is 0 Å². The van der Waals surface area contributed by atoms with Crippen LogP contribution in [0.15, 0.2) is 47.5 Å². The molecule has 6 nitrogen and oxygen atoms in total. The molecule has 1 fully saturated rings. The summed E-state index contributed by atoms with van der Waals surface area (Å²) in [6, 6.07) is 7.78. The molecule has 1 aromatic carbocycles. The Hall–Kier alpha value is -2.45. The van der Waals surface area contributed by atoms with Gasteiger partial charge in [-0.25, -0.2) is 4.98 Å². The van der Waals surface area contributed by atoms with Crippen LogP contribution < -0.4 is 5.32 Å². The molecule has 8 heteroatoms. The number of nitrogens with one attached hydrogen (secondary N) is 1. The van der Waals surface area contributed by atoms with E-state index in [1.54, 1.807) is 11.8 Å². The zero-order chi connectivity index (χ0) is 20.2. The molecule has 0 unspecified atom stereocenters. The van der Waals surface area contributed by atoms with Crippen molar-refractivity contribution in [3.63, 3.8) is 0 Å². The summed E-state index contributed by atoms with van der Waals surface area (Å²) in [5.41, 5.74) is 2.93. The van der Waals surface area contributed by atoms with E-state index >= 15 is 0 Å². The highest BCUT2D eigenvalue weighted by Crippen LogP contribution is 2.40. The van der Waals surface area contributed by atoms with Gasteiger partial charge in [0.05, 0.1) is 12.1 Å². The molecule has 3 aromatic rings. The van der Waals surface area contributed by atoms with E-state index < -0.39 is 0 Å². The Morgan fingerprint density at radius 2 is 2.14 bits per heavy atom. The molecular weight excluding hydrogens is 402 g/mol. The third-order valence-corrected chi connectivity index (χ3v) is 6.49. The first-order valence-electron chi connectivity index (χ1n) is 9.59. The molecule has 0 aliphatic heterocycles. The van der Waals surface area contributed by atoms with E-state index in [1.165, 1.54) is 29.7 Å². The second-order valence-corrected chi connectivity index (χ2v) is 9.01. The fraction of sp³-hybridized carbons (Fsp3) is 0.333. The number of nitrogens with zero attached hydrogens (tertiary/aromatic N) is 4. The number of hydrogen-bond acceptors (Lipinski definition) is 6. The van der Waals surface area contributed by atoms with Crippen molar-refractivity contribution in [2.45, 2.75) is 49.6 Å². The number of anilines is 1. The maximum Gasteiger partial charge on any atom is 0.231 e. The Morgan fingerprint density at radius 1 is 1.34 bits per heavy atom. The van der Waals surface area contributed by atoms with Crippen molar-refractivity contribution in [3.05, 3.63) is 64.4 Å². The van der Waals surface area contributed by atoms with Crippen LogP contribution in [0, 0.1) is 6.92 Å². The molecule has 0 radical (unpaired) electrons. The number of rotatable bonds is 9. The Kier molecular flexibility index (Phi) is 6.10. The lowest BCUT2D eigenvalue weighted by Gasteiger charge is -2.06. The van der Waals surface area contributed by atoms with Crippen molar-refractivity contribution < 1.29 is 4.79 Å². The van der Waals surface area contributed by atoms with E-state index in [2.05, 4.69) is 31.6 Å². The predicted octanol–water partition coefficient (Wildman–Crippen LogP) is 4.58. The Bertz CT molecular complexity index is 1000. The zero-order valence-corrected chi connectivity index (χ0v) is 17.9. The second-order valence-electron chi connectivity index (χ2n) is 7.13. The lowest BCUT2D eigenvalue weighted by molar-refractivity contribution is -0.115. The first kappa shape index (κ1) is 19.8. The average Bonchev–Trinajstić information content (AvgIpc) is 3.33. The smallest absolute Gasteiger partial charge is 0.231 e. The van der Waals surface area contributed by atoms with Crippen LogP contribution >= 0.6 is 23.1 Å². The predicted molar refractivity (Wildman–Crippen MR) is 117 cm³/mol. The van der Waals surface area contributed by atoms with Crippen LogP contribution in [0.1, 0.15) is 40.8 Å². The molecule has 0 spiro atoms. The van der Waals surface area contributed by atoms with Gasteiger partial charge in [-0.2, -0.15) is 0 Å². The van der Waals surface area contributed by atoms with Crippen LogP contribution in [0.4, 0.5) is 5.69 Å². The van der Waals surface area contributed by atoms with Gasteiger partial charge in [0.1, 0.15) is 10.8 Å². The highest BCUT2D eigenvalue weighted by Gasteiger charge is 2.30. The summed E-state index contributed by atoms with van der Waals surface area (Å²) in [5.74, 6) is 2.27. The van der Waals surface area contributed by atoms with Gasteiger partial charge in [-0.15, -0.1) is 28.1 Å². The number of allylic oxidation sites excluding steroid dienone is 1. The summed E-state index contributed by atoms with van der Waals surface area (Å²) in [4.78, 5) is 16.9. The van der Waals surface area contributed by atoms with E-state index in [1.807, 2.05) is 42.6 Å². The fourth-order valence-electron chi connectivity index (χ4n) is 2.97. The third-order valence-electron chi connectivity index (χ3n) is 4.60. The topological polar surface area (TPSA) is 72.7 Å². The van der Waals surface area contributed by atoms with Crippen LogP contribution in [0.25, 0.3) is 0 Å². The first-order valence-corrected chi connectivity index (χ1v) is 11.5. The third kappa shape index (κ3) is 5.13. The van der Waals surface area contributed by atoms with E-state index in [0.29, 0.717) is 11.7 Å². The highest BCUT2D eigenvalue weighted by molar-refractivity contribution is 7.98. The summed E-state index contributed by atoms with van der Waals surface area (Å²) in [5, 5.41) is 15.4. The standard InChI is InChI=1S/C21H23N5OS2/c1-3-10-26-20(15-6-7-15)24-25-21(26)29-13-17-12-28-19(23-17)11-18(27)22-16-8-4-14(2)5-9-16/h3-5,8-9,12,15H,1,6-7,10-11,13H2,2H3,(H,22,27). The van der Waals surface area contributed by atoms with Crippen LogP contribution in [0.2, 0.25) is 0 Å². The van der Waals surface area contributed by atoms with Gasteiger partial charge in [-0.1, -0.05) is 35.5 Å². The van der Waals surface area contributed by atoms with E-state index in [4.69, 9.17) is 0 Å². The Labute approximate surface area is 178 Å². The number of thioether (sulfide) groups is 1. The molecule has 150 valence electrons. The van der Waals surface area contributed by atoms with Crippen molar-refractivity contribution in [3.8, 4) is 0 Å². The van der Waals surface area contributed by atoms with Crippen molar-refractivity contribution in [2.75, 3.05) is 5.32 Å². The van der Waals surface area contributed by atoms with E-state index in [-0.39, 0.29) is 12.3 Å². The minimum atomic E-state index is -0.0535. The minimum Gasteiger partial charge on any atom is -0.326 e. The van der Waals surface area contributed by atoms with Crippen molar-refractivity contribution >= 4 is 34.7 Å². The molecule has 0 bridgehead atoms. The maximum atomic E-state index is 12.3. The minimum absolute atomic E-state index is 0.0535. The zero-order valence-electron chi connectivity index (χ0n) is 16.3. The summed E-state index contributed by atoms with van der Waals surface area (Å²) in [6.45, 7) is 6.59. The number of carbonyl (C=O) groups excluding carboxylic acids is 1. The number of thiazole rings is 1. The number of carbonyl (C=O) groups is 1. The molecule has 1 amide bonds. The van der Waals surface area contributed by atoms with Crippen LogP contribution in [-0.2, 0) is 23.5 Å². The molecular formula is C21H23N5OS2. The van der Waals surface area contributed by atoms with Crippen molar-refractivity contribution in [1.82, 2.24) is 19.7 Å².